The lowest BCUT2D eigenvalue weighted by molar-refractivity contribution is 0.716. The third-order valence-corrected chi connectivity index (χ3v) is 4.95. The summed E-state index contributed by atoms with van der Waals surface area (Å²) in [6.45, 7) is 2.52. The average molecular weight is 366 g/mol. The standard InChI is InChI=1S/C23H18N4O/c1-16-11-13-18(14-12-16)21-24-22-19-9-5-6-10-20(19)26(23(28)27(22)25-21)15-17-7-3-2-4-8-17/h2-14H,15H2,1H3. The Kier molecular flexibility index (Phi) is 3.79. The van der Waals surface area contributed by atoms with Crippen LogP contribution < -0.4 is 5.69 Å². The summed E-state index contributed by atoms with van der Waals surface area (Å²) < 4.78 is 3.17. The zero-order valence-corrected chi connectivity index (χ0v) is 15.4. The molecular formula is C23H18N4O. The number of benzene rings is 3. The van der Waals surface area contributed by atoms with Gasteiger partial charge in [-0.05, 0) is 24.6 Å². The molecule has 2 heterocycles. The second kappa shape index (κ2) is 6.46. The Bertz CT molecular complexity index is 1350. The maximum absolute atomic E-state index is 13.3. The van der Waals surface area contributed by atoms with Gasteiger partial charge in [-0.25, -0.2) is 9.78 Å². The van der Waals surface area contributed by atoms with Gasteiger partial charge in [-0.3, -0.25) is 4.57 Å². The van der Waals surface area contributed by atoms with Crippen LogP contribution in [0, 0.1) is 6.92 Å². The summed E-state index contributed by atoms with van der Waals surface area (Å²) in [6.07, 6.45) is 0. The van der Waals surface area contributed by atoms with Crippen molar-refractivity contribution in [1.82, 2.24) is 19.2 Å². The Labute approximate surface area is 161 Å². The fraction of sp³-hybridized carbons (Fsp3) is 0.0870. The number of para-hydroxylation sites is 1. The highest BCUT2D eigenvalue weighted by molar-refractivity contribution is 5.91. The van der Waals surface area contributed by atoms with E-state index >= 15 is 0 Å². The topological polar surface area (TPSA) is 52.2 Å². The van der Waals surface area contributed by atoms with Crippen molar-refractivity contribution in [1.29, 1.82) is 0 Å². The average Bonchev–Trinajstić information content (AvgIpc) is 3.18. The quantitative estimate of drug-likeness (QED) is 0.484. The molecule has 28 heavy (non-hydrogen) atoms. The number of rotatable bonds is 3. The summed E-state index contributed by atoms with van der Waals surface area (Å²) in [5.41, 5.74) is 4.37. The lowest BCUT2D eigenvalue weighted by atomic mass is 10.1. The number of aryl methyl sites for hydroxylation is 1. The number of aromatic nitrogens is 4. The first-order valence-electron chi connectivity index (χ1n) is 9.20. The van der Waals surface area contributed by atoms with Gasteiger partial charge < -0.3 is 0 Å². The molecular weight excluding hydrogens is 348 g/mol. The number of hydrogen-bond donors (Lipinski definition) is 0. The minimum absolute atomic E-state index is 0.191. The second-order valence-electron chi connectivity index (χ2n) is 6.91. The molecule has 0 aliphatic carbocycles. The van der Waals surface area contributed by atoms with Crippen LogP contribution in [-0.2, 0) is 6.54 Å². The largest absolute Gasteiger partial charge is 0.351 e. The molecule has 136 valence electrons. The molecule has 5 nitrogen and oxygen atoms in total. The van der Waals surface area contributed by atoms with Crippen molar-refractivity contribution < 1.29 is 0 Å². The molecule has 0 radical (unpaired) electrons. The van der Waals surface area contributed by atoms with Crippen molar-refractivity contribution in [3.05, 3.63) is 100 Å². The molecule has 0 unspecified atom stereocenters. The molecule has 0 spiro atoms. The van der Waals surface area contributed by atoms with E-state index < -0.39 is 0 Å². The fourth-order valence-electron chi connectivity index (χ4n) is 3.48. The van der Waals surface area contributed by atoms with E-state index in [1.165, 1.54) is 10.1 Å². The highest BCUT2D eigenvalue weighted by Gasteiger charge is 2.15. The van der Waals surface area contributed by atoms with Crippen LogP contribution in [0.1, 0.15) is 11.1 Å². The molecule has 0 fully saturated rings. The van der Waals surface area contributed by atoms with Gasteiger partial charge in [-0.2, -0.15) is 4.52 Å². The van der Waals surface area contributed by atoms with Gasteiger partial charge in [0.25, 0.3) is 0 Å². The summed E-state index contributed by atoms with van der Waals surface area (Å²) in [6, 6.07) is 25.8. The van der Waals surface area contributed by atoms with Crippen molar-refractivity contribution in [2.75, 3.05) is 0 Å². The fourth-order valence-corrected chi connectivity index (χ4v) is 3.48. The summed E-state index contributed by atoms with van der Waals surface area (Å²) in [7, 11) is 0. The van der Waals surface area contributed by atoms with Crippen LogP contribution in [0.2, 0.25) is 0 Å². The summed E-state index contributed by atoms with van der Waals surface area (Å²) >= 11 is 0. The van der Waals surface area contributed by atoms with E-state index in [4.69, 9.17) is 0 Å². The number of fused-ring (bicyclic) bond motifs is 3. The lowest BCUT2D eigenvalue weighted by Crippen LogP contribution is -2.28. The first kappa shape index (κ1) is 16.4. The monoisotopic (exact) mass is 366 g/mol. The third-order valence-electron chi connectivity index (χ3n) is 4.95. The summed E-state index contributed by atoms with van der Waals surface area (Å²) in [5, 5.41) is 5.44. The Morgan fingerprint density at radius 1 is 0.857 bits per heavy atom. The molecule has 3 aromatic carbocycles. The molecule has 0 N–H and O–H groups in total. The van der Waals surface area contributed by atoms with Crippen LogP contribution in [0.3, 0.4) is 0 Å². The smallest absolute Gasteiger partial charge is 0.287 e. The Morgan fingerprint density at radius 3 is 2.36 bits per heavy atom. The zero-order chi connectivity index (χ0) is 19.1. The van der Waals surface area contributed by atoms with E-state index in [0.29, 0.717) is 18.0 Å². The van der Waals surface area contributed by atoms with E-state index in [-0.39, 0.29) is 5.69 Å². The van der Waals surface area contributed by atoms with Crippen LogP contribution in [0.5, 0.6) is 0 Å². The molecule has 5 aromatic rings. The van der Waals surface area contributed by atoms with Gasteiger partial charge in [0.2, 0.25) is 0 Å². The Hall–Kier alpha value is -3.73. The van der Waals surface area contributed by atoms with Crippen LogP contribution in [0.25, 0.3) is 27.9 Å². The van der Waals surface area contributed by atoms with Crippen LogP contribution >= 0.6 is 0 Å². The molecule has 5 heteroatoms. The molecule has 0 amide bonds. The van der Waals surface area contributed by atoms with Gasteiger partial charge in [-0.15, -0.1) is 5.10 Å². The highest BCUT2D eigenvalue weighted by Crippen LogP contribution is 2.22. The van der Waals surface area contributed by atoms with Gasteiger partial charge in [0, 0.05) is 10.9 Å². The third kappa shape index (κ3) is 2.68. The van der Waals surface area contributed by atoms with Crippen molar-refractivity contribution in [3.63, 3.8) is 0 Å². The van der Waals surface area contributed by atoms with E-state index in [1.54, 1.807) is 4.57 Å². The van der Waals surface area contributed by atoms with E-state index in [0.717, 1.165) is 22.0 Å². The lowest BCUT2D eigenvalue weighted by Gasteiger charge is -2.11. The molecule has 0 aliphatic heterocycles. The normalized spacial score (nSPS) is 11.3. The van der Waals surface area contributed by atoms with Crippen molar-refractivity contribution in [2.45, 2.75) is 13.5 Å². The van der Waals surface area contributed by atoms with Gasteiger partial charge in [-0.1, -0.05) is 72.3 Å². The van der Waals surface area contributed by atoms with E-state index in [9.17, 15) is 4.79 Å². The van der Waals surface area contributed by atoms with Crippen molar-refractivity contribution in [2.24, 2.45) is 0 Å². The molecule has 0 aliphatic rings. The van der Waals surface area contributed by atoms with E-state index in [2.05, 4.69) is 10.1 Å². The van der Waals surface area contributed by atoms with Gasteiger partial charge in [0.05, 0.1) is 12.1 Å². The number of nitrogens with zero attached hydrogens (tertiary/aromatic N) is 4. The summed E-state index contributed by atoms with van der Waals surface area (Å²) in [5.74, 6) is 0.555. The molecule has 5 rings (SSSR count). The zero-order valence-electron chi connectivity index (χ0n) is 15.4. The van der Waals surface area contributed by atoms with Crippen molar-refractivity contribution >= 4 is 16.6 Å². The molecule has 0 saturated carbocycles. The minimum atomic E-state index is -0.191. The SMILES string of the molecule is Cc1ccc(-c2nc3c4ccccc4n(Cc4ccccc4)c(=O)n3n2)cc1. The maximum Gasteiger partial charge on any atom is 0.351 e. The van der Waals surface area contributed by atoms with Crippen LogP contribution in [0.4, 0.5) is 0 Å². The van der Waals surface area contributed by atoms with Gasteiger partial charge in [0.1, 0.15) is 0 Å². The minimum Gasteiger partial charge on any atom is -0.287 e. The first-order valence-corrected chi connectivity index (χ1v) is 9.20. The summed E-state index contributed by atoms with van der Waals surface area (Å²) in [4.78, 5) is 18.0. The van der Waals surface area contributed by atoms with E-state index in [1.807, 2.05) is 85.8 Å². The predicted molar refractivity (Wildman–Crippen MR) is 110 cm³/mol. The predicted octanol–water partition coefficient (Wildman–Crippen LogP) is 4.07. The Morgan fingerprint density at radius 2 is 1.57 bits per heavy atom. The Balaban J connectivity index is 1.77. The molecule has 0 saturated heterocycles. The first-order chi connectivity index (χ1) is 13.7. The van der Waals surface area contributed by atoms with Crippen LogP contribution in [-0.4, -0.2) is 19.2 Å². The molecule has 0 atom stereocenters. The maximum atomic E-state index is 13.3. The highest BCUT2D eigenvalue weighted by atomic mass is 16.2. The van der Waals surface area contributed by atoms with Crippen LogP contribution in [0.15, 0.2) is 83.7 Å². The second-order valence-corrected chi connectivity index (χ2v) is 6.91. The number of hydrogen-bond acceptors (Lipinski definition) is 3. The molecule has 0 bridgehead atoms. The van der Waals surface area contributed by atoms with Gasteiger partial charge >= 0.3 is 5.69 Å². The van der Waals surface area contributed by atoms with Crippen molar-refractivity contribution in [3.8, 4) is 11.4 Å². The van der Waals surface area contributed by atoms with Gasteiger partial charge in [0.15, 0.2) is 11.5 Å². The molecule has 2 aromatic heterocycles.